The molecular formula is C14H21N3O3. The van der Waals surface area contributed by atoms with Crippen LogP contribution in [0.15, 0.2) is 0 Å². The third kappa shape index (κ3) is 2.23. The van der Waals surface area contributed by atoms with Crippen LogP contribution in [0.3, 0.4) is 0 Å². The number of hydrogen-bond donors (Lipinski definition) is 2. The van der Waals surface area contributed by atoms with E-state index in [2.05, 4.69) is 16.9 Å². The molecule has 1 fully saturated rings. The van der Waals surface area contributed by atoms with Crippen molar-refractivity contribution in [1.29, 1.82) is 0 Å². The lowest BCUT2D eigenvalue weighted by molar-refractivity contribution is 0.0677. The van der Waals surface area contributed by atoms with Crippen LogP contribution in [0.2, 0.25) is 0 Å². The first-order valence-corrected chi connectivity index (χ1v) is 7.28. The standard InChI is InChI=1S/C14H21N3O3/c1-16-7-4-9(5-8-16)13-15-11(14(19)20)12-10(18)3-2-6-17(12)13/h9-10,18H,2-8H2,1H3,(H,19,20). The molecule has 1 saturated heterocycles. The summed E-state index contributed by atoms with van der Waals surface area (Å²) in [6, 6.07) is 0. The average Bonchev–Trinajstić information content (AvgIpc) is 2.81. The highest BCUT2D eigenvalue weighted by Crippen LogP contribution is 2.34. The molecule has 0 saturated carbocycles. The molecule has 1 atom stereocenters. The maximum Gasteiger partial charge on any atom is 0.356 e. The number of imidazole rings is 1. The summed E-state index contributed by atoms with van der Waals surface area (Å²) in [5.41, 5.74) is 0.559. The minimum atomic E-state index is -1.03. The van der Waals surface area contributed by atoms with Crippen molar-refractivity contribution in [1.82, 2.24) is 14.5 Å². The molecule has 2 aliphatic heterocycles. The van der Waals surface area contributed by atoms with Crippen LogP contribution in [0.5, 0.6) is 0 Å². The quantitative estimate of drug-likeness (QED) is 0.851. The molecule has 20 heavy (non-hydrogen) atoms. The van der Waals surface area contributed by atoms with Crippen LogP contribution >= 0.6 is 0 Å². The van der Waals surface area contributed by atoms with Crippen LogP contribution in [-0.4, -0.2) is 50.8 Å². The van der Waals surface area contributed by atoms with Crippen molar-refractivity contribution in [3.8, 4) is 0 Å². The molecule has 2 aliphatic rings. The lowest BCUT2D eigenvalue weighted by Gasteiger charge is -2.30. The molecule has 1 unspecified atom stereocenters. The Bertz CT molecular complexity index is 518. The predicted molar refractivity (Wildman–Crippen MR) is 72.9 cm³/mol. The van der Waals surface area contributed by atoms with Crippen molar-refractivity contribution in [2.24, 2.45) is 0 Å². The van der Waals surface area contributed by atoms with Crippen molar-refractivity contribution >= 4 is 5.97 Å². The fourth-order valence-electron chi connectivity index (χ4n) is 3.37. The number of carbonyl (C=O) groups is 1. The maximum absolute atomic E-state index is 11.4. The van der Waals surface area contributed by atoms with E-state index in [0.717, 1.165) is 44.7 Å². The van der Waals surface area contributed by atoms with Gasteiger partial charge in [0.1, 0.15) is 5.82 Å². The highest BCUT2D eigenvalue weighted by molar-refractivity contribution is 5.87. The van der Waals surface area contributed by atoms with E-state index in [0.29, 0.717) is 18.0 Å². The summed E-state index contributed by atoms with van der Waals surface area (Å²) in [7, 11) is 2.10. The highest BCUT2D eigenvalue weighted by Gasteiger charge is 2.33. The van der Waals surface area contributed by atoms with Crippen LogP contribution in [0.1, 0.15) is 59.7 Å². The van der Waals surface area contributed by atoms with Gasteiger partial charge in [0, 0.05) is 12.5 Å². The number of likely N-dealkylation sites (tertiary alicyclic amines) is 1. The Morgan fingerprint density at radius 1 is 1.25 bits per heavy atom. The minimum Gasteiger partial charge on any atom is -0.476 e. The number of nitrogens with zero attached hydrogens (tertiary/aromatic N) is 3. The van der Waals surface area contributed by atoms with Gasteiger partial charge in [0.25, 0.3) is 0 Å². The summed E-state index contributed by atoms with van der Waals surface area (Å²) >= 11 is 0. The zero-order valence-electron chi connectivity index (χ0n) is 11.7. The lowest BCUT2D eigenvalue weighted by atomic mass is 9.95. The Labute approximate surface area is 118 Å². The van der Waals surface area contributed by atoms with Crippen molar-refractivity contribution in [2.45, 2.75) is 44.2 Å². The SMILES string of the molecule is CN1CCC(c2nc(C(=O)O)c3n2CCCC3O)CC1. The molecule has 3 heterocycles. The largest absolute Gasteiger partial charge is 0.476 e. The number of fused-ring (bicyclic) bond motifs is 1. The molecule has 0 amide bonds. The van der Waals surface area contributed by atoms with E-state index < -0.39 is 12.1 Å². The third-order valence-electron chi connectivity index (χ3n) is 4.50. The van der Waals surface area contributed by atoms with E-state index >= 15 is 0 Å². The maximum atomic E-state index is 11.4. The first-order chi connectivity index (χ1) is 9.58. The fraction of sp³-hybridized carbons (Fsp3) is 0.714. The number of hydrogen-bond acceptors (Lipinski definition) is 4. The summed E-state index contributed by atoms with van der Waals surface area (Å²) < 4.78 is 1.97. The molecule has 1 aromatic rings. The van der Waals surface area contributed by atoms with E-state index in [1.807, 2.05) is 4.57 Å². The van der Waals surface area contributed by atoms with E-state index in [1.165, 1.54) is 0 Å². The highest BCUT2D eigenvalue weighted by atomic mass is 16.4. The number of carboxylic acids is 1. The van der Waals surface area contributed by atoms with Crippen molar-refractivity contribution in [3.63, 3.8) is 0 Å². The van der Waals surface area contributed by atoms with Gasteiger partial charge in [-0.05, 0) is 45.8 Å². The normalized spacial score (nSPS) is 24.6. The van der Waals surface area contributed by atoms with E-state index in [9.17, 15) is 15.0 Å². The van der Waals surface area contributed by atoms with Crippen LogP contribution in [0, 0.1) is 0 Å². The monoisotopic (exact) mass is 279 g/mol. The molecular weight excluding hydrogens is 258 g/mol. The summed E-state index contributed by atoms with van der Waals surface area (Å²) in [6.07, 6.45) is 2.81. The first kappa shape index (κ1) is 13.6. The van der Waals surface area contributed by atoms with Gasteiger partial charge < -0.3 is 19.7 Å². The molecule has 6 heteroatoms. The minimum absolute atomic E-state index is 0.0473. The van der Waals surface area contributed by atoms with Gasteiger partial charge in [-0.25, -0.2) is 9.78 Å². The van der Waals surface area contributed by atoms with Crippen LogP contribution in [-0.2, 0) is 6.54 Å². The van der Waals surface area contributed by atoms with Crippen LogP contribution in [0.4, 0.5) is 0 Å². The topological polar surface area (TPSA) is 78.6 Å². The first-order valence-electron chi connectivity index (χ1n) is 7.28. The van der Waals surface area contributed by atoms with Gasteiger partial charge in [0.05, 0.1) is 11.8 Å². The zero-order valence-corrected chi connectivity index (χ0v) is 11.7. The van der Waals surface area contributed by atoms with Crippen molar-refractivity contribution < 1.29 is 15.0 Å². The second-order valence-corrected chi connectivity index (χ2v) is 5.90. The molecule has 1 aromatic heterocycles. The van der Waals surface area contributed by atoms with Crippen LogP contribution in [0.25, 0.3) is 0 Å². The predicted octanol–water partition coefficient (Wildman–Crippen LogP) is 1.22. The second kappa shape index (κ2) is 5.18. The van der Waals surface area contributed by atoms with Crippen LogP contribution < -0.4 is 0 Å². The lowest BCUT2D eigenvalue weighted by Crippen LogP contribution is -2.31. The Kier molecular flexibility index (Phi) is 3.52. The summed E-state index contributed by atoms with van der Waals surface area (Å²) in [6.45, 7) is 2.80. The van der Waals surface area contributed by atoms with Gasteiger partial charge >= 0.3 is 5.97 Å². The number of aromatic carboxylic acids is 1. The zero-order chi connectivity index (χ0) is 14.3. The summed E-state index contributed by atoms with van der Waals surface area (Å²) in [5, 5.41) is 19.4. The van der Waals surface area contributed by atoms with Crippen molar-refractivity contribution in [2.75, 3.05) is 20.1 Å². The molecule has 0 aliphatic carbocycles. The Hall–Kier alpha value is -1.40. The van der Waals surface area contributed by atoms with E-state index in [-0.39, 0.29) is 5.69 Å². The molecule has 0 radical (unpaired) electrons. The number of piperidine rings is 1. The van der Waals surface area contributed by atoms with Gasteiger partial charge in [-0.2, -0.15) is 0 Å². The number of carboxylic acid groups (broad SMARTS) is 1. The number of aliphatic hydroxyl groups excluding tert-OH is 1. The van der Waals surface area contributed by atoms with Gasteiger partial charge in [0.2, 0.25) is 0 Å². The second-order valence-electron chi connectivity index (χ2n) is 5.90. The molecule has 6 nitrogen and oxygen atoms in total. The Morgan fingerprint density at radius 2 is 1.95 bits per heavy atom. The van der Waals surface area contributed by atoms with Gasteiger partial charge in [-0.1, -0.05) is 0 Å². The molecule has 0 spiro atoms. The number of aliphatic hydroxyl groups is 1. The Balaban J connectivity index is 1.99. The summed E-state index contributed by atoms with van der Waals surface area (Å²) in [5.74, 6) is 0.140. The summed E-state index contributed by atoms with van der Waals surface area (Å²) in [4.78, 5) is 18.0. The van der Waals surface area contributed by atoms with E-state index in [4.69, 9.17) is 0 Å². The molecule has 2 N–H and O–H groups in total. The molecule has 0 aromatic carbocycles. The molecule has 3 rings (SSSR count). The molecule has 110 valence electrons. The third-order valence-corrected chi connectivity index (χ3v) is 4.50. The number of aromatic nitrogens is 2. The number of rotatable bonds is 2. The average molecular weight is 279 g/mol. The molecule has 0 bridgehead atoms. The van der Waals surface area contributed by atoms with Gasteiger partial charge in [0.15, 0.2) is 5.69 Å². The van der Waals surface area contributed by atoms with Gasteiger partial charge in [-0.15, -0.1) is 0 Å². The van der Waals surface area contributed by atoms with Gasteiger partial charge in [-0.3, -0.25) is 0 Å². The van der Waals surface area contributed by atoms with Crippen molar-refractivity contribution in [3.05, 3.63) is 17.2 Å². The van der Waals surface area contributed by atoms with E-state index in [1.54, 1.807) is 0 Å². The smallest absolute Gasteiger partial charge is 0.356 e. The fourth-order valence-corrected chi connectivity index (χ4v) is 3.37. The Morgan fingerprint density at radius 3 is 2.60 bits per heavy atom.